The predicted octanol–water partition coefficient (Wildman–Crippen LogP) is 1.18. The second-order valence-electron chi connectivity index (χ2n) is 4.27. The van der Waals surface area contributed by atoms with Crippen LogP contribution in [0.5, 0.6) is 0 Å². The molecule has 2 N–H and O–H groups in total. The van der Waals surface area contributed by atoms with Crippen molar-refractivity contribution in [1.29, 1.82) is 0 Å². The summed E-state index contributed by atoms with van der Waals surface area (Å²) < 4.78 is 42.8. The number of methoxy groups -OCH3 is 1. The van der Waals surface area contributed by atoms with Crippen LogP contribution < -0.4 is 5.32 Å². The molecule has 8 heteroatoms. The maximum absolute atomic E-state index is 12.4. The monoisotopic (exact) mass is 294 g/mol. The summed E-state index contributed by atoms with van der Waals surface area (Å²) >= 11 is 0. The molecule has 1 unspecified atom stereocenters. The molecule has 0 aliphatic rings. The van der Waals surface area contributed by atoms with E-state index >= 15 is 0 Å². The largest absolute Gasteiger partial charge is 0.406 e. The van der Waals surface area contributed by atoms with E-state index < -0.39 is 24.7 Å². The highest BCUT2D eigenvalue weighted by molar-refractivity contribution is 5.92. The van der Waals surface area contributed by atoms with E-state index in [-0.39, 0.29) is 25.3 Å². The van der Waals surface area contributed by atoms with Crippen molar-refractivity contribution in [2.45, 2.75) is 25.2 Å². The van der Waals surface area contributed by atoms with Crippen molar-refractivity contribution in [1.82, 2.24) is 9.88 Å². The molecular weight excluding hydrogens is 277 g/mol. The lowest BCUT2D eigenvalue weighted by atomic mass is 10.2. The Kier molecular flexibility index (Phi) is 6.03. The number of aliphatic hydroxyl groups excluding tert-OH is 1. The van der Waals surface area contributed by atoms with Crippen molar-refractivity contribution >= 4 is 5.91 Å². The number of amides is 1. The molecule has 0 aliphatic carbocycles. The molecule has 5 nitrogen and oxygen atoms in total. The van der Waals surface area contributed by atoms with Gasteiger partial charge < -0.3 is 19.7 Å². The Morgan fingerprint density at radius 3 is 2.80 bits per heavy atom. The number of halogens is 3. The van der Waals surface area contributed by atoms with Gasteiger partial charge in [-0.3, -0.25) is 4.79 Å². The van der Waals surface area contributed by atoms with Crippen molar-refractivity contribution in [2.24, 2.45) is 0 Å². The average molecular weight is 294 g/mol. The fourth-order valence-electron chi connectivity index (χ4n) is 1.76. The lowest BCUT2D eigenvalue weighted by Gasteiger charge is -2.18. The summed E-state index contributed by atoms with van der Waals surface area (Å²) in [6.45, 7) is -1.21. The van der Waals surface area contributed by atoms with Gasteiger partial charge in [0.05, 0.1) is 12.6 Å². The first-order valence-electron chi connectivity index (χ1n) is 6.00. The van der Waals surface area contributed by atoms with Crippen LogP contribution in [0.3, 0.4) is 0 Å². The van der Waals surface area contributed by atoms with Crippen LogP contribution in [-0.4, -0.2) is 48.1 Å². The minimum absolute atomic E-state index is 0.0821. The first-order valence-corrected chi connectivity index (χ1v) is 6.00. The molecular formula is C12H17F3N2O3. The number of hydrogen-bond acceptors (Lipinski definition) is 3. The quantitative estimate of drug-likeness (QED) is 0.793. The maximum atomic E-state index is 12.4. The van der Waals surface area contributed by atoms with Gasteiger partial charge in [-0.1, -0.05) is 0 Å². The lowest BCUT2D eigenvalue weighted by Crippen LogP contribution is -2.39. The zero-order valence-electron chi connectivity index (χ0n) is 11.0. The molecule has 1 aromatic heterocycles. The van der Waals surface area contributed by atoms with Crippen molar-refractivity contribution < 1.29 is 27.8 Å². The molecule has 20 heavy (non-hydrogen) atoms. The second-order valence-corrected chi connectivity index (χ2v) is 4.27. The normalized spacial score (nSPS) is 13.2. The van der Waals surface area contributed by atoms with E-state index in [9.17, 15) is 18.0 Å². The van der Waals surface area contributed by atoms with Crippen LogP contribution in [-0.2, 0) is 11.3 Å². The first kappa shape index (κ1) is 16.5. The molecule has 0 bridgehead atoms. The number of nitrogens with zero attached hydrogens (tertiary/aromatic N) is 1. The lowest BCUT2D eigenvalue weighted by molar-refractivity contribution is -0.140. The number of rotatable bonds is 7. The highest BCUT2D eigenvalue weighted by Gasteiger charge is 2.29. The first-order chi connectivity index (χ1) is 9.37. The van der Waals surface area contributed by atoms with Crippen LogP contribution in [0.2, 0.25) is 0 Å². The van der Waals surface area contributed by atoms with Gasteiger partial charge in [-0.05, 0) is 18.6 Å². The van der Waals surface area contributed by atoms with E-state index in [0.29, 0.717) is 0 Å². The summed E-state index contributed by atoms with van der Waals surface area (Å²) in [7, 11) is 1.43. The highest BCUT2D eigenvalue weighted by Crippen LogP contribution is 2.19. The molecule has 0 aromatic carbocycles. The van der Waals surface area contributed by atoms with Gasteiger partial charge in [-0.25, -0.2) is 0 Å². The Hall–Kier alpha value is -1.54. The minimum atomic E-state index is -4.40. The standard InChI is InChI=1S/C12H17F3N2O3/c1-20-7-9(4-6-18)16-11(19)10-3-2-5-17(10)8-12(13,14)15/h2-3,5,9,18H,4,6-8H2,1H3,(H,16,19). The van der Waals surface area contributed by atoms with Gasteiger partial charge in [0.25, 0.3) is 5.91 Å². The molecule has 0 spiro atoms. The van der Waals surface area contributed by atoms with E-state index in [1.165, 1.54) is 25.4 Å². The summed E-state index contributed by atoms with van der Waals surface area (Å²) in [6.07, 6.45) is -2.94. The van der Waals surface area contributed by atoms with E-state index in [1.54, 1.807) is 0 Å². The fourth-order valence-corrected chi connectivity index (χ4v) is 1.76. The van der Waals surface area contributed by atoms with Crippen LogP contribution in [0.25, 0.3) is 0 Å². The summed E-state index contributed by atoms with van der Waals surface area (Å²) in [5.41, 5.74) is -0.0821. The topological polar surface area (TPSA) is 63.5 Å². The van der Waals surface area contributed by atoms with Crippen LogP contribution in [0.15, 0.2) is 18.3 Å². The van der Waals surface area contributed by atoms with Gasteiger partial charge in [0.1, 0.15) is 12.2 Å². The third-order valence-electron chi connectivity index (χ3n) is 2.59. The van der Waals surface area contributed by atoms with Crippen molar-refractivity contribution in [3.63, 3.8) is 0 Å². The van der Waals surface area contributed by atoms with Crippen molar-refractivity contribution in [3.8, 4) is 0 Å². The highest BCUT2D eigenvalue weighted by atomic mass is 19.4. The molecule has 0 saturated heterocycles. The Morgan fingerprint density at radius 2 is 2.25 bits per heavy atom. The Bertz CT molecular complexity index is 426. The Labute approximate surface area is 114 Å². The summed E-state index contributed by atoms with van der Waals surface area (Å²) in [6, 6.07) is 2.23. The summed E-state index contributed by atoms with van der Waals surface area (Å²) in [5.74, 6) is -0.630. The smallest absolute Gasteiger partial charge is 0.396 e. The predicted molar refractivity (Wildman–Crippen MR) is 65.3 cm³/mol. The number of aliphatic hydroxyl groups is 1. The third-order valence-corrected chi connectivity index (χ3v) is 2.59. The van der Waals surface area contributed by atoms with E-state index in [4.69, 9.17) is 9.84 Å². The maximum Gasteiger partial charge on any atom is 0.406 e. The summed E-state index contributed by atoms with van der Waals surface area (Å²) in [5, 5.41) is 11.4. The number of aromatic nitrogens is 1. The van der Waals surface area contributed by atoms with Crippen LogP contribution in [0, 0.1) is 0 Å². The Balaban J connectivity index is 2.74. The van der Waals surface area contributed by atoms with Gasteiger partial charge in [-0.2, -0.15) is 13.2 Å². The van der Waals surface area contributed by atoms with Crippen molar-refractivity contribution in [3.05, 3.63) is 24.0 Å². The molecule has 0 saturated carbocycles. The van der Waals surface area contributed by atoms with Gasteiger partial charge in [-0.15, -0.1) is 0 Å². The fraction of sp³-hybridized carbons (Fsp3) is 0.583. The third kappa shape index (κ3) is 5.22. The summed E-state index contributed by atoms with van der Waals surface area (Å²) in [4.78, 5) is 11.9. The van der Waals surface area contributed by atoms with Crippen LogP contribution >= 0.6 is 0 Å². The SMILES string of the molecule is COCC(CCO)NC(=O)c1cccn1CC(F)(F)F. The molecule has 1 aromatic rings. The van der Waals surface area contributed by atoms with E-state index in [1.807, 2.05) is 0 Å². The number of nitrogens with one attached hydrogen (secondary N) is 1. The van der Waals surface area contributed by atoms with Gasteiger partial charge in [0, 0.05) is 19.9 Å². The number of alkyl halides is 3. The van der Waals surface area contributed by atoms with Gasteiger partial charge in [0.2, 0.25) is 0 Å². The van der Waals surface area contributed by atoms with Gasteiger partial charge in [0.15, 0.2) is 0 Å². The van der Waals surface area contributed by atoms with Gasteiger partial charge >= 0.3 is 6.18 Å². The number of carbonyl (C=O) groups is 1. The number of carbonyl (C=O) groups excluding carboxylic acids is 1. The molecule has 1 amide bonds. The zero-order chi connectivity index (χ0) is 15.2. The second kappa shape index (κ2) is 7.30. The average Bonchev–Trinajstić information content (AvgIpc) is 2.75. The molecule has 1 heterocycles. The minimum Gasteiger partial charge on any atom is -0.396 e. The molecule has 0 aliphatic heterocycles. The van der Waals surface area contributed by atoms with E-state index in [2.05, 4.69) is 5.32 Å². The zero-order valence-corrected chi connectivity index (χ0v) is 11.0. The molecule has 0 fully saturated rings. The Morgan fingerprint density at radius 1 is 1.55 bits per heavy atom. The molecule has 114 valence electrons. The van der Waals surface area contributed by atoms with Crippen LogP contribution in [0.4, 0.5) is 13.2 Å². The molecule has 0 radical (unpaired) electrons. The number of hydrogen-bond donors (Lipinski definition) is 2. The molecule has 1 rings (SSSR count). The van der Waals surface area contributed by atoms with E-state index in [0.717, 1.165) is 4.57 Å². The van der Waals surface area contributed by atoms with Crippen molar-refractivity contribution in [2.75, 3.05) is 20.3 Å². The molecule has 1 atom stereocenters. The number of ether oxygens (including phenoxy) is 1. The van der Waals surface area contributed by atoms with Crippen LogP contribution in [0.1, 0.15) is 16.9 Å².